The molecule has 0 bridgehead atoms. The van der Waals surface area contributed by atoms with E-state index < -0.39 is 0 Å². The molecule has 0 saturated carbocycles. The summed E-state index contributed by atoms with van der Waals surface area (Å²) in [6.07, 6.45) is 2.80. The Morgan fingerprint density at radius 1 is 0.964 bits per heavy atom. The molecule has 1 atom stereocenters. The molecule has 2 N–H and O–H groups in total. The van der Waals surface area contributed by atoms with Gasteiger partial charge in [0.15, 0.2) is 0 Å². The number of hydrogen-bond acceptors (Lipinski definition) is 3. The first kappa shape index (κ1) is 20.1. The number of carbonyl (C=O) groups excluding carboxylic acids is 2. The highest BCUT2D eigenvalue weighted by atomic mass is 16.2. The van der Waals surface area contributed by atoms with E-state index in [0.29, 0.717) is 12.1 Å². The lowest BCUT2D eigenvalue weighted by Crippen LogP contribution is -2.37. The van der Waals surface area contributed by atoms with Gasteiger partial charge in [-0.15, -0.1) is 0 Å². The maximum Gasteiger partial charge on any atom is 0.251 e. The van der Waals surface area contributed by atoms with Crippen molar-refractivity contribution in [1.29, 1.82) is 0 Å². The van der Waals surface area contributed by atoms with Crippen LogP contribution in [0.4, 0.5) is 0 Å². The number of carbonyl (C=O) groups is 2. The molecule has 1 aliphatic rings. The van der Waals surface area contributed by atoms with Crippen molar-refractivity contribution in [3.05, 3.63) is 71.3 Å². The molecule has 1 fully saturated rings. The van der Waals surface area contributed by atoms with E-state index in [4.69, 9.17) is 0 Å². The van der Waals surface area contributed by atoms with Crippen molar-refractivity contribution in [2.75, 3.05) is 13.1 Å². The number of nitrogens with zero attached hydrogens (tertiary/aromatic N) is 1. The monoisotopic (exact) mass is 379 g/mol. The molecule has 0 radical (unpaired) electrons. The summed E-state index contributed by atoms with van der Waals surface area (Å²) >= 11 is 0. The Labute approximate surface area is 167 Å². The summed E-state index contributed by atoms with van der Waals surface area (Å²) in [5, 5.41) is 5.88. The van der Waals surface area contributed by atoms with Crippen LogP contribution in [-0.2, 0) is 17.9 Å². The Bertz CT molecular complexity index is 785. The Morgan fingerprint density at radius 2 is 1.61 bits per heavy atom. The van der Waals surface area contributed by atoms with Crippen LogP contribution < -0.4 is 10.6 Å². The molecule has 0 spiro atoms. The van der Waals surface area contributed by atoms with Crippen LogP contribution in [-0.4, -0.2) is 35.8 Å². The van der Waals surface area contributed by atoms with E-state index in [2.05, 4.69) is 33.7 Å². The highest BCUT2D eigenvalue weighted by molar-refractivity contribution is 5.94. The number of nitrogens with one attached hydrogen (secondary N) is 2. The fraction of sp³-hybridized carbons (Fsp3) is 0.391. The van der Waals surface area contributed by atoms with Gasteiger partial charge in [0.25, 0.3) is 5.91 Å². The number of hydrogen-bond donors (Lipinski definition) is 2. The minimum atomic E-state index is -0.229. The Morgan fingerprint density at radius 3 is 2.32 bits per heavy atom. The van der Waals surface area contributed by atoms with Crippen molar-refractivity contribution in [2.45, 2.75) is 45.3 Å². The van der Waals surface area contributed by atoms with Gasteiger partial charge in [-0.3, -0.25) is 14.5 Å². The first-order chi connectivity index (χ1) is 13.6. The van der Waals surface area contributed by atoms with E-state index in [1.165, 1.54) is 18.4 Å². The van der Waals surface area contributed by atoms with Crippen LogP contribution in [0.3, 0.4) is 0 Å². The van der Waals surface area contributed by atoms with Gasteiger partial charge in [0.2, 0.25) is 5.91 Å². The quantitative estimate of drug-likeness (QED) is 0.741. The van der Waals surface area contributed by atoms with Crippen LogP contribution in [0.5, 0.6) is 0 Å². The minimum absolute atomic E-state index is 0.0585. The van der Waals surface area contributed by atoms with Crippen molar-refractivity contribution in [1.82, 2.24) is 15.5 Å². The molecule has 2 aromatic carbocycles. The van der Waals surface area contributed by atoms with Crippen molar-refractivity contribution >= 4 is 11.8 Å². The smallest absolute Gasteiger partial charge is 0.251 e. The Kier molecular flexibility index (Phi) is 7.20. The predicted octanol–water partition coefficient (Wildman–Crippen LogP) is 3.11. The molecule has 0 unspecified atom stereocenters. The van der Waals surface area contributed by atoms with Crippen LogP contribution in [0.1, 0.15) is 47.7 Å². The summed E-state index contributed by atoms with van der Waals surface area (Å²) < 4.78 is 0. The molecule has 0 aliphatic carbocycles. The summed E-state index contributed by atoms with van der Waals surface area (Å²) in [7, 11) is 0. The average Bonchev–Trinajstić information content (AvgIpc) is 3.21. The Hall–Kier alpha value is -2.66. The molecule has 2 aromatic rings. The number of rotatable bonds is 8. The van der Waals surface area contributed by atoms with E-state index in [1.807, 2.05) is 31.2 Å². The first-order valence-corrected chi connectivity index (χ1v) is 10.0. The second-order valence-corrected chi connectivity index (χ2v) is 7.47. The number of likely N-dealkylation sites (tertiary alicyclic amines) is 1. The van der Waals surface area contributed by atoms with Gasteiger partial charge in [0, 0.05) is 31.1 Å². The largest absolute Gasteiger partial charge is 0.352 e. The summed E-state index contributed by atoms with van der Waals surface area (Å²) in [5.41, 5.74) is 3.03. The lowest BCUT2D eigenvalue weighted by molar-refractivity contribution is -0.121. The molecule has 3 rings (SSSR count). The second kappa shape index (κ2) is 10.0. The van der Waals surface area contributed by atoms with Crippen LogP contribution in [0.15, 0.2) is 54.6 Å². The molecule has 148 valence electrons. The molecule has 1 aliphatic heterocycles. The van der Waals surface area contributed by atoms with Crippen LogP contribution in [0.25, 0.3) is 0 Å². The molecular weight excluding hydrogens is 350 g/mol. The molecule has 1 saturated heterocycles. The molecule has 2 amide bonds. The molecule has 5 nitrogen and oxygen atoms in total. The van der Waals surface area contributed by atoms with Crippen molar-refractivity contribution < 1.29 is 9.59 Å². The van der Waals surface area contributed by atoms with Gasteiger partial charge < -0.3 is 10.6 Å². The van der Waals surface area contributed by atoms with Crippen LogP contribution in [0, 0.1) is 0 Å². The van der Waals surface area contributed by atoms with E-state index in [9.17, 15) is 9.59 Å². The summed E-state index contributed by atoms with van der Waals surface area (Å²) in [5.74, 6) is -0.214. The van der Waals surface area contributed by atoms with Gasteiger partial charge in [-0.05, 0) is 56.1 Å². The van der Waals surface area contributed by atoms with Crippen LogP contribution >= 0.6 is 0 Å². The van der Waals surface area contributed by atoms with Gasteiger partial charge in [-0.25, -0.2) is 0 Å². The molecular formula is C23H29N3O2. The minimum Gasteiger partial charge on any atom is -0.352 e. The fourth-order valence-electron chi connectivity index (χ4n) is 3.56. The van der Waals surface area contributed by atoms with E-state index in [1.54, 1.807) is 12.1 Å². The topological polar surface area (TPSA) is 61.4 Å². The SMILES string of the molecule is C[C@@H](CC(=O)NCc1ccccc1CN1CCCC1)NC(=O)c1ccccc1. The molecule has 1 heterocycles. The van der Waals surface area contributed by atoms with E-state index in [-0.39, 0.29) is 24.3 Å². The third-order valence-corrected chi connectivity index (χ3v) is 5.09. The maximum atomic E-state index is 12.3. The predicted molar refractivity (Wildman–Crippen MR) is 111 cm³/mol. The van der Waals surface area contributed by atoms with Gasteiger partial charge in [-0.2, -0.15) is 0 Å². The number of benzene rings is 2. The standard InChI is InChI=1S/C23H29N3O2/c1-18(25-23(28)19-9-3-2-4-10-19)15-22(27)24-16-20-11-5-6-12-21(20)17-26-13-7-8-14-26/h2-6,9-12,18H,7-8,13-17H2,1H3,(H,24,27)(H,25,28)/t18-/m0/s1. The lowest BCUT2D eigenvalue weighted by Gasteiger charge is -2.18. The summed E-state index contributed by atoms with van der Waals surface area (Å²) in [6, 6.07) is 17.1. The normalized spacial score (nSPS) is 15.2. The highest BCUT2D eigenvalue weighted by Crippen LogP contribution is 2.16. The maximum absolute atomic E-state index is 12.3. The van der Waals surface area contributed by atoms with Crippen molar-refractivity contribution in [3.8, 4) is 0 Å². The molecule has 28 heavy (non-hydrogen) atoms. The first-order valence-electron chi connectivity index (χ1n) is 10.0. The van der Waals surface area contributed by atoms with Gasteiger partial charge >= 0.3 is 0 Å². The number of amides is 2. The van der Waals surface area contributed by atoms with Crippen molar-refractivity contribution in [2.24, 2.45) is 0 Å². The third-order valence-electron chi connectivity index (χ3n) is 5.09. The van der Waals surface area contributed by atoms with E-state index >= 15 is 0 Å². The van der Waals surface area contributed by atoms with Crippen LogP contribution in [0.2, 0.25) is 0 Å². The zero-order valence-electron chi connectivity index (χ0n) is 16.5. The van der Waals surface area contributed by atoms with Gasteiger partial charge in [0.05, 0.1) is 0 Å². The fourth-order valence-corrected chi connectivity index (χ4v) is 3.56. The lowest BCUT2D eigenvalue weighted by atomic mass is 10.1. The van der Waals surface area contributed by atoms with E-state index in [0.717, 1.165) is 25.2 Å². The average molecular weight is 380 g/mol. The summed E-state index contributed by atoms with van der Waals surface area (Å²) in [6.45, 7) is 5.61. The third kappa shape index (κ3) is 5.92. The van der Waals surface area contributed by atoms with Crippen molar-refractivity contribution in [3.63, 3.8) is 0 Å². The van der Waals surface area contributed by atoms with Gasteiger partial charge in [0.1, 0.15) is 0 Å². The zero-order chi connectivity index (χ0) is 19.8. The van der Waals surface area contributed by atoms with Gasteiger partial charge in [-0.1, -0.05) is 42.5 Å². The summed E-state index contributed by atoms with van der Waals surface area (Å²) in [4.78, 5) is 27.0. The highest BCUT2D eigenvalue weighted by Gasteiger charge is 2.15. The zero-order valence-corrected chi connectivity index (χ0v) is 16.5. The second-order valence-electron chi connectivity index (χ2n) is 7.47. The molecule has 5 heteroatoms. The Balaban J connectivity index is 1.47. The molecule has 0 aromatic heterocycles.